The summed E-state index contributed by atoms with van der Waals surface area (Å²) in [6.07, 6.45) is -0.0667. The zero-order valence-electron chi connectivity index (χ0n) is 16.1. The molecule has 2 heterocycles. The fourth-order valence-corrected chi connectivity index (χ4v) is 3.80. The molecule has 2 aromatic carbocycles. The number of halogens is 3. The fourth-order valence-electron chi connectivity index (χ4n) is 3.80. The van der Waals surface area contributed by atoms with Gasteiger partial charge in [-0.2, -0.15) is 8.78 Å². The van der Waals surface area contributed by atoms with Crippen molar-refractivity contribution in [3.05, 3.63) is 60.2 Å². The van der Waals surface area contributed by atoms with Gasteiger partial charge in [0, 0.05) is 20.0 Å². The van der Waals surface area contributed by atoms with E-state index in [0.29, 0.717) is 5.52 Å². The van der Waals surface area contributed by atoms with Crippen LogP contribution in [-0.2, 0) is 16.1 Å². The number of hydrogen-bond acceptors (Lipinski definition) is 3. The van der Waals surface area contributed by atoms with Crippen molar-refractivity contribution in [2.45, 2.75) is 19.5 Å². The van der Waals surface area contributed by atoms with Crippen molar-refractivity contribution in [1.29, 1.82) is 0 Å². The van der Waals surface area contributed by atoms with Crippen LogP contribution in [0.2, 0.25) is 0 Å². The number of aromatic nitrogens is 2. The molecule has 1 aromatic heterocycles. The number of imidazole rings is 1. The van der Waals surface area contributed by atoms with Gasteiger partial charge in [-0.25, -0.2) is 9.37 Å². The molecule has 1 aliphatic heterocycles. The Bertz CT molecular complexity index is 1110. The van der Waals surface area contributed by atoms with Crippen molar-refractivity contribution < 1.29 is 22.8 Å². The first-order valence-corrected chi connectivity index (χ1v) is 9.40. The Hall–Kier alpha value is -3.36. The van der Waals surface area contributed by atoms with Crippen LogP contribution in [0.4, 0.5) is 18.9 Å². The van der Waals surface area contributed by atoms with Gasteiger partial charge in [-0.3, -0.25) is 14.2 Å². The van der Waals surface area contributed by atoms with E-state index in [1.807, 2.05) is 0 Å². The molecule has 0 radical (unpaired) electrons. The van der Waals surface area contributed by atoms with Crippen LogP contribution in [-0.4, -0.2) is 39.9 Å². The number of fused-ring (bicyclic) bond motifs is 1. The van der Waals surface area contributed by atoms with Crippen LogP contribution < -0.4 is 4.90 Å². The first-order valence-electron chi connectivity index (χ1n) is 9.40. The second-order valence-corrected chi connectivity index (χ2v) is 7.22. The summed E-state index contributed by atoms with van der Waals surface area (Å²) in [4.78, 5) is 32.0. The maximum Gasteiger partial charge on any atom is 0.320 e. The highest BCUT2D eigenvalue weighted by molar-refractivity contribution is 6.00. The molecule has 4 rings (SSSR count). The lowest BCUT2D eigenvalue weighted by molar-refractivity contribution is -0.135. The molecule has 0 aliphatic carbocycles. The summed E-state index contributed by atoms with van der Waals surface area (Å²) >= 11 is 0. The smallest absolute Gasteiger partial charge is 0.320 e. The van der Waals surface area contributed by atoms with Gasteiger partial charge in [0.2, 0.25) is 11.8 Å². The molecule has 1 fully saturated rings. The minimum absolute atomic E-state index is 0.0359. The van der Waals surface area contributed by atoms with Crippen molar-refractivity contribution in [3.8, 4) is 0 Å². The van der Waals surface area contributed by atoms with Crippen molar-refractivity contribution in [2.75, 3.05) is 18.5 Å². The Kier molecular flexibility index (Phi) is 5.19. The lowest BCUT2D eigenvalue weighted by atomic mass is 10.1. The quantitative estimate of drug-likeness (QED) is 0.639. The maximum absolute atomic E-state index is 14.0. The molecule has 0 N–H and O–H groups in total. The molecule has 0 saturated carbocycles. The molecule has 6 nitrogen and oxygen atoms in total. The van der Waals surface area contributed by atoms with Crippen LogP contribution in [0, 0.1) is 11.7 Å². The van der Waals surface area contributed by atoms with E-state index in [4.69, 9.17) is 0 Å². The molecule has 0 bridgehead atoms. The second-order valence-electron chi connectivity index (χ2n) is 7.22. The number of anilines is 1. The predicted octanol–water partition coefficient (Wildman–Crippen LogP) is 3.58. The number of hydrogen-bond donors (Lipinski definition) is 0. The minimum atomic E-state index is -2.81. The van der Waals surface area contributed by atoms with E-state index in [9.17, 15) is 22.8 Å². The number of amides is 2. The van der Waals surface area contributed by atoms with Crippen LogP contribution in [0.25, 0.3) is 11.0 Å². The van der Waals surface area contributed by atoms with Gasteiger partial charge in [-0.15, -0.1) is 0 Å². The Morgan fingerprint density at radius 3 is 2.63 bits per heavy atom. The Morgan fingerprint density at radius 2 is 1.90 bits per heavy atom. The topological polar surface area (TPSA) is 58.4 Å². The van der Waals surface area contributed by atoms with E-state index in [0.717, 1.165) is 4.57 Å². The molecular weight excluding hydrogens is 397 g/mol. The maximum atomic E-state index is 14.0. The summed E-state index contributed by atoms with van der Waals surface area (Å²) in [5.41, 5.74) is 0.820. The van der Waals surface area contributed by atoms with E-state index in [-0.39, 0.29) is 48.4 Å². The standard InChI is InChI=1S/C21H19F3N4O2/c1-26(12-18-25-15-7-3-5-9-17(15)28(18)21(23)24)20(30)13-10-19(29)27(11-13)16-8-4-2-6-14(16)22/h2-9,13,21H,10-12H2,1H3/t13-/m0/s1. The average molecular weight is 416 g/mol. The lowest BCUT2D eigenvalue weighted by Crippen LogP contribution is -2.35. The third-order valence-electron chi connectivity index (χ3n) is 5.24. The Balaban J connectivity index is 1.52. The van der Waals surface area contributed by atoms with E-state index in [1.54, 1.807) is 30.3 Å². The summed E-state index contributed by atoms with van der Waals surface area (Å²) < 4.78 is 42.0. The van der Waals surface area contributed by atoms with E-state index < -0.39 is 18.3 Å². The lowest BCUT2D eigenvalue weighted by Gasteiger charge is -2.22. The number of carbonyl (C=O) groups excluding carboxylic acids is 2. The van der Waals surface area contributed by atoms with Crippen LogP contribution in [0.5, 0.6) is 0 Å². The van der Waals surface area contributed by atoms with Crippen LogP contribution in [0.15, 0.2) is 48.5 Å². The van der Waals surface area contributed by atoms with Gasteiger partial charge in [0.1, 0.15) is 11.6 Å². The molecule has 0 unspecified atom stereocenters. The van der Waals surface area contributed by atoms with Gasteiger partial charge in [0.05, 0.1) is 29.2 Å². The fraction of sp³-hybridized carbons (Fsp3) is 0.286. The molecule has 156 valence electrons. The van der Waals surface area contributed by atoms with Crippen LogP contribution in [0.3, 0.4) is 0 Å². The second kappa shape index (κ2) is 7.81. The van der Waals surface area contributed by atoms with Crippen molar-refractivity contribution in [2.24, 2.45) is 5.92 Å². The van der Waals surface area contributed by atoms with Gasteiger partial charge in [0.25, 0.3) is 0 Å². The third-order valence-corrected chi connectivity index (χ3v) is 5.24. The molecule has 30 heavy (non-hydrogen) atoms. The van der Waals surface area contributed by atoms with E-state index in [1.165, 1.54) is 35.0 Å². The number of alkyl halides is 2. The largest absolute Gasteiger partial charge is 0.338 e. The van der Waals surface area contributed by atoms with Gasteiger partial charge < -0.3 is 9.80 Å². The van der Waals surface area contributed by atoms with Crippen molar-refractivity contribution >= 4 is 28.5 Å². The van der Waals surface area contributed by atoms with E-state index >= 15 is 0 Å². The number of nitrogens with zero attached hydrogens (tertiary/aromatic N) is 4. The van der Waals surface area contributed by atoms with Crippen molar-refractivity contribution in [1.82, 2.24) is 14.5 Å². The SMILES string of the molecule is CN(Cc1nc2ccccc2n1C(F)F)C(=O)[C@H]1CC(=O)N(c2ccccc2F)C1. The summed E-state index contributed by atoms with van der Waals surface area (Å²) in [7, 11) is 1.48. The number of benzene rings is 2. The van der Waals surface area contributed by atoms with Crippen LogP contribution >= 0.6 is 0 Å². The summed E-state index contributed by atoms with van der Waals surface area (Å²) in [5, 5.41) is 0. The number of para-hydroxylation sites is 3. The van der Waals surface area contributed by atoms with Gasteiger partial charge in [0.15, 0.2) is 0 Å². The first kappa shape index (κ1) is 19.9. The van der Waals surface area contributed by atoms with Gasteiger partial charge >= 0.3 is 6.55 Å². The van der Waals surface area contributed by atoms with Gasteiger partial charge in [-0.1, -0.05) is 24.3 Å². The molecule has 1 saturated heterocycles. The number of carbonyl (C=O) groups is 2. The summed E-state index contributed by atoms with van der Waals surface area (Å²) in [6.45, 7) is -2.91. The zero-order chi connectivity index (χ0) is 21.4. The molecule has 2 amide bonds. The number of rotatable bonds is 5. The molecular formula is C21H19F3N4O2. The summed E-state index contributed by atoms with van der Waals surface area (Å²) in [6, 6.07) is 12.4. The molecule has 9 heteroatoms. The highest BCUT2D eigenvalue weighted by atomic mass is 19.3. The minimum Gasteiger partial charge on any atom is -0.338 e. The predicted molar refractivity (Wildman–Crippen MR) is 104 cm³/mol. The highest BCUT2D eigenvalue weighted by Crippen LogP contribution is 2.29. The van der Waals surface area contributed by atoms with E-state index in [2.05, 4.69) is 4.98 Å². The zero-order valence-corrected chi connectivity index (χ0v) is 16.1. The first-order chi connectivity index (χ1) is 14.4. The molecule has 3 aromatic rings. The van der Waals surface area contributed by atoms with Gasteiger partial charge in [-0.05, 0) is 24.3 Å². The average Bonchev–Trinajstić information content (AvgIpc) is 3.27. The molecule has 0 spiro atoms. The Labute approximate surface area is 170 Å². The monoisotopic (exact) mass is 416 g/mol. The summed E-state index contributed by atoms with van der Waals surface area (Å²) in [5.74, 6) is -1.91. The highest BCUT2D eigenvalue weighted by Gasteiger charge is 2.37. The molecule has 1 atom stereocenters. The Morgan fingerprint density at radius 1 is 1.20 bits per heavy atom. The third kappa shape index (κ3) is 3.51. The molecule has 1 aliphatic rings. The normalized spacial score (nSPS) is 16.6. The van der Waals surface area contributed by atoms with Crippen LogP contribution in [0.1, 0.15) is 18.8 Å². The van der Waals surface area contributed by atoms with Crippen molar-refractivity contribution in [3.63, 3.8) is 0 Å².